The average molecular weight is 658 g/mol. The highest BCUT2D eigenvalue weighted by Gasteiger charge is 2.76. The minimum absolute atomic E-state index is 0.00703. The SMILES string of the molecule is CN1C(=O)[C@]2(Cl)C[C@@H]3C(=CC[C@@H]4C(=O)N(c5cc([N+](=O)[O-])c(N(C)C)c([N+](=O)[O-])c5)C(=O)[C@@H]43)[C@H](c3cccc(O)c3)[C@]2(Cl)C1=O. The molecule has 2 aromatic carbocycles. The lowest BCUT2D eigenvalue weighted by Gasteiger charge is -2.50. The number of benzene rings is 2. The molecule has 0 radical (unpaired) electrons. The van der Waals surface area contributed by atoms with Crippen LogP contribution in [0.25, 0.3) is 0 Å². The summed E-state index contributed by atoms with van der Waals surface area (Å²) >= 11 is 14.2. The summed E-state index contributed by atoms with van der Waals surface area (Å²) in [5, 5.41) is 34.2. The van der Waals surface area contributed by atoms with Crippen molar-refractivity contribution in [2.45, 2.75) is 28.5 Å². The normalized spacial score (nSPS) is 30.6. The largest absolute Gasteiger partial charge is 0.508 e. The van der Waals surface area contributed by atoms with Crippen LogP contribution in [-0.4, -0.2) is 74.4 Å². The first-order chi connectivity index (χ1) is 21.1. The van der Waals surface area contributed by atoms with E-state index in [9.17, 15) is 44.5 Å². The van der Waals surface area contributed by atoms with Crippen LogP contribution >= 0.6 is 23.2 Å². The molecule has 2 aromatic rings. The highest BCUT2D eigenvalue weighted by molar-refractivity contribution is 6.53. The molecule has 1 saturated carbocycles. The molecule has 14 nitrogen and oxygen atoms in total. The summed E-state index contributed by atoms with van der Waals surface area (Å²) in [7, 11) is 4.03. The van der Waals surface area contributed by atoms with Gasteiger partial charge in [0.1, 0.15) is 5.75 Å². The van der Waals surface area contributed by atoms with Crippen LogP contribution in [0.15, 0.2) is 48.0 Å². The lowest BCUT2D eigenvalue weighted by Crippen LogP contribution is -2.60. The molecule has 1 N–H and O–H groups in total. The number of phenolic OH excluding ortho intramolecular Hbond substituents is 1. The first kappa shape index (κ1) is 30.5. The number of hydrogen-bond donors (Lipinski definition) is 1. The number of amides is 4. The molecule has 2 saturated heterocycles. The number of halogens is 2. The van der Waals surface area contributed by atoms with Crippen LogP contribution in [0.1, 0.15) is 24.3 Å². The van der Waals surface area contributed by atoms with Crippen LogP contribution in [0.5, 0.6) is 5.75 Å². The summed E-state index contributed by atoms with van der Waals surface area (Å²) in [5.41, 5.74) is -1.17. The number of fused-ring (bicyclic) bond motifs is 4. The van der Waals surface area contributed by atoms with Gasteiger partial charge >= 0.3 is 11.4 Å². The zero-order chi connectivity index (χ0) is 32.9. The number of anilines is 2. The average Bonchev–Trinajstić information content (AvgIpc) is 3.31. The molecule has 2 heterocycles. The second-order valence-electron chi connectivity index (χ2n) is 11.8. The van der Waals surface area contributed by atoms with Crippen molar-refractivity contribution in [2.75, 3.05) is 30.9 Å². The number of imide groups is 2. The molecule has 0 aromatic heterocycles. The minimum atomic E-state index is -2.04. The third kappa shape index (κ3) is 3.94. The Kier molecular flexibility index (Phi) is 6.75. The van der Waals surface area contributed by atoms with E-state index in [0.29, 0.717) is 16.0 Å². The van der Waals surface area contributed by atoms with Gasteiger partial charge in [0.2, 0.25) is 11.8 Å². The van der Waals surface area contributed by atoms with Gasteiger partial charge in [0, 0.05) is 39.2 Å². The van der Waals surface area contributed by atoms with Gasteiger partial charge in [0.05, 0.1) is 27.4 Å². The number of nitro benzene ring substituents is 2. The monoisotopic (exact) mass is 657 g/mol. The van der Waals surface area contributed by atoms with E-state index in [4.69, 9.17) is 23.2 Å². The maximum absolute atomic E-state index is 14.2. The maximum Gasteiger partial charge on any atom is 0.301 e. The fraction of sp³-hybridized carbons (Fsp3) is 0.379. The van der Waals surface area contributed by atoms with Crippen molar-refractivity contribution in [3.63, 3.8) is 0 Å². The lowest BCUT2D eigenvalue weighted by molar-refractivity contribution is -0.392. The molecule has 6 rings (SSSR count). The third-order valence-corrected chi connectivity index (χ3v) is 10.8. The second-order valence-corrected chi connectivity index (χ2v) is 13.1. The molecule has 2 aliphatic carbocycles. The Morgan fingerprint density at radius 1 is 0.956 bits per heavy atom. The molecule has 3 fully saturated rings. The zero-order valence-corrected chi connectivity index (χ0v) is 25.5. The Labute approximate surface area is 265 Å². The Morgan fingerprint density at radius 3 is 2.13 bits per heavy atom. The number of carbonyl (C=O) groups is 4. The van der Waals surface area contributed by atoms with Crippen LogP contribution in [0.2, 0.25) is 0 Å². The van der Waals surface area contributed by atoms with Gasteiger partial charge in [-0.3, -0.25) is 44.3 Å². The number of phenols is 1. The van der Waals surface area contributed by atoms with Crippen molar-refractivity contribution in [1.82, 2.24) is 4.90 Å². The fourth-order valence-electron chi connectivity index (χ4n) is 7.53. The summed E-state index contributed by atoms with van der Waals surface area (Å²) in [6.07, 6.45) is 1.40. The van der Waals surface area contributed by atoms with Crippen molar-refractivity contribution in [2.24, 2.45) is 17.8 Å². The minimum Gasteiger partial charge on any atom is -0.508 e. The molecule has 0 bridgehead atoms. The van der Waals surface area contributed by atoms with E-state index in [1.807, 2.05) is 0 Å². The number of alkyl halides is 2. The Morgan fingerprint density at radius 2 is 1.58 bits per heavy atom. The summed E-state index contributed by atoms with van der Waals surface area (Å²) in [5.74, 6) is -7.29. The third-order valence-electron chi connectivity index (χ3n) is 9.37. The number of aromatic hydroxyl groups is 1. The number of likely N-dealkylation sites (tertiary alicyclic amines) is 1. The summed E-state index contributed by atoms with van der Waals surface area (Å²) in [6.45, 7) is 0. The zero-order valence-electron chi connectivity index (χ0n) is 24.0. The number of carbonyl (C=O) groups excluding carboxylic acids is 4. The molecule has 16 heteroatoms. The summed E-state index contributed by atoms with van der Waals surface area (Å²) in [6, 6.07) is 7.83. The number of rotatable bonds is 5. The van der Waals surface area contributed by atoms with Crippen molar-refractivity contribution in [3.05, 3.63) is 73.8 Å². The van der Waals surface area contributed by atoms with Crippen LogP contribution in [0.3, 0.4) is 0 Å². The van der Waals surface area contributed by atoms with Gasteiger partial charge in [0.25, 0.3) is 11.8 Å². The molecule has 234 valence electrons. The van der Waals surface area contributed by atoms with Gasteiger partial charge < -0.3 is 10.0 Å². The quantitative estimate of drug-likeness (QED) is 0.164. The Bertz CT molecular complexity index is 1760. The predicted molar refractivity (Wildman–Crippen MR) is 160 cm³/mol. The molecular weight excluding hydrogens is 633 g/mol. The van der Waals surface area contributed by atoms with E-state index in [1.54, 1.807) is 12.1 Å². The van der Waals surface area contributed by atoms with Gasteiger partial charge in [-0.25, -0.2) is 4.90 Å². The van der Waals surface area contributed by atoms with Crippen LogP contribution in [-0.2, 0) is 19.2 Å². The van der Waals surface area contributed by atoms with Crippen molar-refractivity contribution in [3.8, 4) is 5.75 Å². The van der Waals surface area contributed by atoms with Crippen molar-refractivity contribution < 1.29 is 34.1 Å². The molecule has 4 amide bonds. The van der Waals surface area contributed by atoms with Gasteiger partial charge in [0.15, 0.2) is 15.4 Å². The molecule has 6 atom stereocenters. The van der Waals surface area contributed by atoms with Crippen LogP contribution in [0, 0.1) is 38.0 Å². The number of allylic oxidation sites excluding steroid dienone is 2. The Balaban J connectivity index is 1.51. The molecular formula is C29H25Cl2N5O9. The number of hydrogen-bond acceptors (Lipinski definition) is 10. The van der Waals surface area contributed by atoms with E-state index < -0.39 is 78.3 Å². The van der Waals surface area contributed by atoms with Gasteiger partial charge in [-0.1, -0.05) is 23.8 Å². The maximum atomic E-state index is 14.2. The molecule has 0 spiro atoms. The van der Waals surface area contributed by atoms with Crippen LogP contribution in [0.4, 0.5) is 22.7 Å². The van der Waals surface area contributed by atoms with Crippen molar-refractivity contribution in [1.29, 1.82) is 0 Å². The second kappa shape index (κ2) is 9.97. The topological polar surface area (TPSA) is 185 Å². The van der Waals surface area contributed by atoms with Gasteiger partial charge in [-0.2, -0.15) is 0 Å². The van der Waals surface area contributed by atoms with E-state index in [1.165, 1.54) is 44.2 Å². The molecule has 0 unspecified atom stereocenters. The number of nitro groups is 2. The lowest BCUT2D eigenvalue weighted by atomic mass is 9.56. The van der Waals surface area contributed by atoms with Crippen LogP contribution < -0.4 is 9.80 Å². The fourth-order valence-corrected chi connectivity index (χ4v) is 8.55. The van der Waals surface area contributed by atoms with E-state index in [2.05, 4.69) is 0 Å². The molecule has 4 aliphatic rings. The van der Waals surface area contributed by atoms with E-state index in [0.717, 1.165) is 17.0 Å². The smallest absolute Gasteiger partial charge is 0.301 e. The van der Waals surface area contributed by atoms with E-state index >= 15 is 0 Å². The first-order valence-corrected chi connectivity index (χ1v) is 14.5. The standard InChI is InChI=1S/C29H25Cl2N5O9/c1-32(2)23-19(35(42)43)10-14(11-20(23)36(44)45)34-24(38)17-8-7-16-18(21(17)25(34)39)12-28(30)26(40)33(3)27(41)29(28,31)22(16)13-5-4-6-15(37)9-13/h4-7,9-11,17-18,21-22,37H,8,12H2,1-3H3/t17-,18+,21-,22-,28+,29-/m0/s1. The highest BCUT2D eigenvalue weighted by Crippen LogP contribution is 2.65. The Hall–Kier alpha value is -4.56. The number of nitrogens with zero attached hydrogens (tertiary/aromatic N) is 5. The van der Waals surface area contributed by atoms with Gasteiger partial charge in [-0.15, -0.1) is 23.2 Å². The van der Waals surface area contributed by atoms with Crippen molar-refractivity contribution >= 4 is 69.6 Å². The predicted octanol–water partition coefficient (Wildman–Crippen LogP) is 3.47. The van der Waals surface area contributed by atoms with Gasteiger partial charge in [-0.05, 0) is 36.5 Å². The molecule has 2 aliphatic heterocycles. The van der Waals surface area contributed by atoms with E-state index in [-0.39, 0.29) is 30.0 Å². The summed E-state index contributed by atoms with van der Waals surface area (Å²) in [4.78, 5) is 76.2. The first-order valence-electron chi connectivity index (χ1n) is 13.8. The highest BCUT2D eigenvalue weighted by atomic mass is 35.5. The summed E-state index contributed by atoms with van der Waals surface area (Å²) < 4.78 is 0. The molecule has 45 heavy (non-hydrogen) atoms.